The number of nitriles is 1. The van der Waals surface area contributed by atoms with E-state index in [0.29, 0.717) is 12.2 Å². The molecule has 0 aliphatic carbocycles. The van der Waals surface area contributed by atoms with Gasteiger partial charge in [-0.05, 0) is 26.2 Å². The molecule has 1 unspecified atom stereocenters. The predicted molar refractivity (Wildman–Crippen MR) is 61.1 cm³/mol. The van der Waals surface area contributed by atoms with Crippen molar-refractivity contribution in [3.8, 4) is 6.07 Å². The van der Waals surface area contributed by atoms with Gasteiger partial charge in [-0.2, -0.15) is 5.26 Å². The second-order valence-electron chi connectivity index (χ2n) is 3.89. The highest BCUT2D eigenvalue weighted by Crippen LogP contribution is 2.19. The average Bonchev–Trinajstić information content (AvgIpc) is 2.75. The van der Waals surface area contributed by atoms with Gasteiger partial charge in [0.2, 0.25) is 0 Å². The van der Waals surface area contributed by atoms with Gasteiger partial charge in [-0.25, -0.2) is 4.98 Å². The van der Waals surface area contributed by atoms with Crippen LogP contribution in [0.25, 0.3) is 0 Å². The van der Waals surface area contributed by atoms with Crippen LogP contribution in [0, 0.1) is 18.3 Å². The molecular formula is C11H13N3OS. The summed E-state index contributed by atoms with van der Waals surface area (Å²) >= 11 is 1.46. The number of carbonyl (C=O) groups is 1. The summed E-state index contributed by atoms with van der Waals surface area (Å²) in [4.78, 5) is 17.9. The van der Waals surface area contributed by atoms with Crippen LogP contribution in [0.1, 0.15) is 34.8 Å². The standard InChI is InChI=1S/C11H13N3OS/c1-8-13-10(7-16-8)11(15)14-5-3-2-4-9(14)6-12/h7,9H,2-5H2,1H3. The molecule has 0 saturated carbocycles. The van der Waals surface area contributed by atoms with Crippen molar-refractivity contribution in [2.24, 2.45) is 0 Å². The molecule has 1 atom stereocenters. The first-order chi connectivity index (χ1) is 7.72. The van der Waals surface area contributed by atoms with Gasteiger partial charge in [-0.1, -0.05) is 0 Å². The van der Waals surface area contributed by atoms with Crippen molar-refractivity contribution in [1.29, 1.82) is 5.26 Å². The number of nitrogens with zero attached hydrogens (tertiary/aromatic N) is 3. The summed E-state index contributed by atoms with van der Waals surface area (Å²) in [5, 5.41) is 11.6. The summed E-state index contributed by atoms with van der Waals surface area (Å²) in [5.41, 5.74) is 0.477. The van der Waals surface area contributed by atoms with Crippen molar-refractivity contribution < 1.29 is 4.79 Å². The van der Waals surface area contributed by atoms with Gasteiger partial charge in [0.25, 0.3) is 5.91 Å². The highest BCUT2D eigenvalue weighted by atomic mass is 32.1. The molecule has 1 amide bonds. The van der Waals surface area contributed by atoms with Gasteiger partial charge in [0.15, 0.2) is 0 Å². The Morgan fingerprint density at radius 2 is 2.50 bits per heavy atom. The van der Waals surface area contributed by atoms with Crippen molar-refractivity contribution in [2.45, 2.75) is 32.2 Å². The number of rotatable bonds is 1. The molecule has 5 heteroatoms. The first-order valence-electron chi connectivity index (χ1n) is 5.35. The molecule has 1 aromatic rings. The van der Waals surface area contributed by atoms with Crippen molar-refractivity contribution in [3.63, 3.8) is 0 Å². The van der Waals surface area contributed by atoms with E-state index in [2.05, 4.69) is 11.1 Å². The summed E-state index contributed by atoms with van der Waals surface area (Å²) in [5.74, 6) is -0.101. The van der Waals surface area contributed by atoms with E-state index in [1.165, 1.54) is 11.3 Å². The lowest BCUT2D eigenvalue weighted by molar-refractivity contribution is 0.0665. The molecule has 4 nitrogen and oxygen atoms in total. The van der Waals surface area contributed by atoms with Crippen molar-refractivity contribution in [3.05, 3.63) is 16.1 Å². The van der Waals surface area contributed by atoms with Gasteiger partial charge in [0.1, 0.15) is 11.7 Å². The molecule has 0 aromatic carbocycles. The monoisotopic (exact) mass is 235 g/mol. The maximum Gasteiger partial charge on any atom is 0.274 e. The third-order valence-corrected chi connectivity index (χ3v) is 3.52. The number of hydrogen-bond donors (Lipinski definition) is 0. The number of thiazole rings is 1. The van der Waals surface area contributed by atoms with E-state index in [0.717, 1.165) is 24.3 Å². The predicted octanol–water partition coefficient (Wildman–Crippen LogP) is 1.97. The second-order valence-corrected chi connectivity index (χ2v) is 4.95. The fourth-order valence-electron chi connectivity index (χ4n) is 1.92. The van der Waals surface area contributed by atoms with Crippen LogP contribution in [0.15, 0.2) is 5.38 Å². The first kappa shape index (κ1) is 11.1. The Hall–Kier alpha value is -1.41. The summed E-state index contributed by atoms with van der Waals surface area (Å²) in [7, 11) is 0. The summed E-state index contributed by atoms with van der Waals surface area (Å²) in [6, 6.07) is 1.92. The van der Waals surface area contributed by atoms with E-state index in [1.807, 2.05) is 6.92 Å². The fraction of sp³-hybridized carbons (Fsp3) is 0.545. The summed E-state index contributed by atoms with van der Waals surface area (Å²) < 4.78 is 0. The zero-order valence-corrected chi connectivity index (χ0v) is 9.96. The molecular weight excluding hydrogens is 222 g/mol. The maximum atomic E-state index is 12.1. The lowest BCUT2D eigenvalue weighted by atomic mass is 10.0. The van der Waals surface area contributed by atoms with Crippen LogP contribution < -0.4 is 0 Å². The van der Waals surface area contributed by atoms with Crippen LogP contribution in [0.2, 0.25) is 0 Å². The van der Waals surface area contributed by atoms with E-state index < -0.39 is 0 Å². The minimum absolute atomic E-state index is 0.101. The molecule has 2 heterocycles. The fourth-order valence-corrected chi connectivity index (χ4v) is 2.50. The van der Waals surface area contributed by atoms with Gasteiger partial charge in [0.05, 0.1) is 11.1 Å². The lowest BCUT2D eigenvalue weighted by Crippen LogP contribution is -2.43. The Bertz CT molecular complexity index is 435. The Morgan fingerprint density at radius 1 is 1.69 bits per heavy atom. The van der Waals surface area contributed by atoms with E-state index in [9.17, 15) is 4.79 Å². The zero-order chi connectivity index (χ0) is 11.5. The van der Waals surface area contributed by atoms with Gasteiger partial charge < -0.3 is 4.90 Å². The third-order valence-electron chi connectivity index (χ3n) is 2.75. The van der Waals surface area contributed by atoms with Crippen LogP contribution in [0.3, 0.4) is 0 Å². The maximum absolute atomic E-state index is 12.1. The van der Waals surface area contributed by atoms with Crippen LogP contribution >= 0.6 is 11.3 Å². The molecule has 84 valence electrons. The van der Waals surface area contributed by atoms with E-state index >= 15 is 0 Å². The van der Waals surface area contributed by atoms with E-state index in [1.54, 1.807) is 10.3 Å². The second kappa shape index (κ2) is 4.62. The smallest absolute Gasteiger partial charge is 0.274 e. The topological polar surface area (TPSA) is 57.0 Å². The number of hydrogen-bond acceptors (Lipinski definition) is 4. The molecule has 1 aliphatic heterocycles. The number of aromatic nitrogens is 1. The zero-order valence-electron chi connectivity index (χ0n) is 9.14. The highest BCUT2D eigenvalue weighted by molar-refractivity contribution is 7.09. The molecule has 1 saturated heterocycles. The van der Waals surface area contributed by atoms with Gasteiger partial charge in [0, 0.05) is 11.9 Å². The lowest BCUT2D eigenvalue weighted by Gasteiger charge is -2.30. The van der Waals surface area contributed by atoms with Gasteiger partial charge >= 0.3 is 0 Å². The molecule has 1 fully saturated rings. The molecule has 0 bridgehead atoms. The van der Waals surface area contributed by atoms with Gasteiger partial charge in [-0.15, -0.1) is 11.3 Å². The number of carbonyl (C=O) groups excluding carboxylic acids is 1. The molecule has 0 spiro atoms. The Labute approximate surface area is 98.5 Å². The van der Waals surface area contributed by atoms with Crippen molar-refractivity contribution in [2.75, 3.05) is 6.54 Å². The third kappa shape index (κ3) is 2.07. The van der Waals surface area contributed by atoms with E-state index in [4.69, 9.17) is 5.26 Å². The minimum Gasteiger partial charge on any atom is -0.321 e. The molecule has 16 heavy (non-hydrogen) atoms. The number of aryl methyl sites for hydroxylation is 1. The Morgan fingerprint density at radius 3 is 3.12 bits per heavy atom. The van der Waals surface area contributed by atoms with Crippen LogP contribution in [-0.2, 0) is 0 Å². The van der Waals surface area contributed by atoms with Crippen molar-refractivity contribution >= 4 is 17.2 Å². The first-order valence-corrected chi connectivity index (χ1v) is 6.23. The molecule has 0 radical (unpaired) electrons. The largest absolute Gasteiger partial charge is 0.321 e. The van der Waals surface area contributed by atoms with Gasteiger partial charge in [-0.3, -0.25) is 4.79 Å². The summed E-state index contributed by atoms with van der Waals surface area (Å²) in [6.07, 6.45) is 2.79. The average molecular weight is 235 g/mol. The van der Waals surface area contributed by atoms with Crippen LogP contribution in [0.5, 0.6) is 0 Å². The number of likely N-dealkylation sites (tertiary alicyclic amines) is 1. The molecule has 0 N–H and O–H groups in total. The quantitative estimate of drug-likeness (QED) is 0.747. The molecule has 2 rings (SSSR count). The molecule has 1 aromatic heterocycles. The number of piperidine rings is 1. The number of amides is 1. The highest BCUT2D eigenvalue weighted by Gasteiger charge is 2.28. The minimum atomic E-state index is -0.275. The van der Waals surface area contributed by atoms with Crippen LogP contribution in [-0.4, -0.2) is 28.4 Å². The van der Waals surface area contributed by atoms with Crippen LogP contribution in [0.4, 0.5) is 0 Å². The Kier molecular flexibility index (Phi) is 3.20. The SMILES string of the molecule is Cc1nc(C(=O)N2CCCCC2C#N)cs1. The Balaban J connectivity index is 2.17. The van der Waals surface area contributed by atoms with Crippen molar-refractivity contribution in [1.82, 2.24) is 9.88 Å². The van der Waals surface area contributed by atoms with E-state index in [-0.39, 0.29) is 11.9 Å². The summed E-state index contributed by atoms with van der Waals surface area (Å²) in [6.45, 7) is 2.55. The molecule has 1 aliphatic rings. The normalized spacial score (nSPS) is 20.5.